The molecule has 2 saturated heterocycles. The van der Waals surface area contributed by atoms with Crippen LogP contribution in [0.5, 0.6) is 0 Å². The minimum atomic E-state index is -4.24. The predicted octanol–water partition coefficient (Wildman–Crippen LogP) is 4.52. The molecule has 26 heavy (non-hydrogen) atoms. The van der Waals surface area contributed by atoms with Crippen LogP contribution in [0, 0.1) is 5.92 Å². The molecule has 2 heterocycles. The van der Waals surface area contributed by atoms with Crippen LogP contribution >= 0.6 is 36.6 Å². The van der Waals surface area contributed by atoms with Crippen molar-refractivity contribution < 1.29 is 17.9 Å². The van der Waals surface area contributed by atoms with Gasteiger partial charge in [0.15, 0.2) is 0 Å². The lowest BCUT2D eigenvalue weighted by molar-refractivity contribution is -0.0328. The molecule has 0 spiro atoms. The molecule has 2 fully saturated rings. The quantitative estimate of drug-likeness (QED) is 0.707. The summed E-state index contributed by atoms with van der Waals surface area (Å²) in [5, 5.41) is 3.36. The fourth-order valence-electron chi connectivity index (χ4n) is 3.64. The average Bonchev–Trinajstić information content (AvgIpc) is 2.57. The van der Waals surface area contributed by atoms with Crippen LogP contribution in [0.1, 0.15) is 24.4 Å². The van der Waals surface area contributed by atoms with Crippen molar-refractivity contribution in [2.45, 2.75) is 29.3 Å². The molecule has 0 bridgehead atoms. The van der Waals surface area contributed by atoms with E-state index in [1.807, 2.05) is 12.1 Å². The van der Waals surface area contributed by atoms with Gasteiger partial charge >= 0.3 is 5.51 Å². The zero-order valence-electron chi connectivity index (χ0n) is 14.3. The number of nitrogens with one attached hydrogen (secondary N) is 1. The van der Waals surface area contributed by atoms with Gasteiger partial charge in [0.25, 0.3) is 0 Å². The zero-order chi connectivity index (χ0) is 17.0. The van der Waals surface area contributed by atoms with Crippen LogP contribution in [0.4, 0.5) is 13.2 Å². The van der Waals surface area contributed by atoms with Crippen LogP contribution in [0.2, 0.25) is 0 Å². The lowest BCUT2D eigenvalue weighted by atomic mass is 9.85. The van der Waals surface area contributed by atoms with E-state index in [9.17, 15) is 13.2 Å². The third-order valence-electron chi connectivity index (χ3n) is 4.71. The summed E-state index contributed by atoms with van der Waals surface area (Å²) in [5.41, 5.74) is -3.12. The molecular formula is C17H25Cl2F3N2OS. The van der Waals surface area contributed by atoms with Crippen LogP contribution in [0.25, 0.3) is 0 Å². The summed E-state index contributed by atoms with van der Waals surface area (Å²) in [4.78, 5) is 2.72. The van der Waals surface area contributed by atoms with E-state index >= 15 is 0 Å². The number of benzene rings is 1. The summed E-state index contributed by atoms with van der Waals surface area (Å²) in [5.74, 6) is 0.498. The summed E-state index contributed by atoms with van der Waals surface area (Å²) in [6, 6.07) is 7.21. The lowest BCUT2D eigenvalue weighted by Crippen LogP contribution is -2.47. The number of hydrogen-bond acceptors (Lipinski definition) is 4. The van der Waals surface area contributed by atoms with Crippen molar-refractivity contribution >= 4 is 36.6 Å². The number of alkyl halides is 3. The second kappa shape index (κ2) is 11.0. The van der Waals surface area contributed by atoms with Crippen LogP contribution < -0.4 is 5.32 Å². The topological polar surface area (TPSA) is 24.5 Å². The summed E-state index contributed by atoms with van der Waals surface area (Å²) >= 11 is -0.0513. The Bertz CT molecular complexity index is 504. The largest absolute Gasteiger partial charge is 0.446 e. The lowest BCUT2D eigenvalue weighted by Gasteiger charge is -2.41. The fraction of sp³-hybridized carbons (Fsp3) is 0.647. The fourth-order valence-corrected chi connectivity index (χ4v) is 4.18. The van der Waals surface area contributed by atoms with Crippen molar-refractivity contribution in [3.8, 4) is 0 Å². The molecule has 1 aromatic carbocycles. The molecule has 2 aliphatic rings. The summed E-state index contributed by atoms with van der Waals surface area (Å²) < 4.78 is 43.0. The van der Waals surface area contributed by atoms with Crippen molar-refractivity contribution in [2.24, 2.45) is 5.92 Å². The van der Waals surface area contributed by atoms with Crippen LogP contribution in [-0.4, -0.2) is 49.8 Å². The molecule has 9 heteroatoms. The van der Waals surface area contributed by atoms with Gasteiger partial charge in [0.2, 0.25) is 0 Å². The number of ether oxygens (including phenoxy) is 1. The molecule has 150 valence electrons. The first kappa shape index (κ1) is 23.9. The van der Waals surface area contributed by atoms with Gasteiger partial charge in [-0.05, 0) is 48.2 Å². The van der Waals surface area contributed by atoms with Crippen LogP contribution in [0.15, 0.2) is 29.2 Å². The van der Waals surface area contributed by atoms with E-state index in [1.54, 1.807) is 12.1 Å². The number of hydrogen-bond donors (Lipinski definition) is 1. The second-order valence-electron chi connectivity index (χ2n) is 6.30. The Morgan fingerprint density at radius 3 is 2.15 bits per heavy atom. The maximum absolute atomic E-state index is 12.5. The maximum Gasteiger partial charge on any atom is 0.446 e. The van der Waals surface area contributed by atoms with Gasteiger partial charge in [0.1, 0.15) is 0 Å². The first-order valence-electron chi connectivity index (χ1n) is 8.41. The molecule has 0 radical (unpaired) electrons. The van der Waals surface area contributed by atoms with Gasteiger partial charge in [0, 0.05) is 50.3 Å². The van der Waals surface area contributed by atoms with E-state index in [0.29, 0.717) is 5.92 Å². The number of nitrogens with zero attached hydrogens (tertiary/aromatic N) is 1. The van der Waals surface area contributed by atoms with E-state index in [-0.39, 0.29) is 47.5 Å². The molecule has 1 N–H and O–H groups in total. The highest BCUT2D eigenvalue weighted by molar-refractivity contribution is 8.00. The minimum Gasteiger partial charge on any atom is -0.381 e. The molecule has 3 nitrogen and oxygen atoms in total. The van der Waals surface area contributed by atoms with E-state index < -0.39 is 5.51 Å². The summed E-state index contributed by atoms with van der Waals surface area (Å²) in [6.45, 7) is 5.41. The monoisotopic (exact) mass is 432 g/mol. The highest BCUT2D eigenvalue weighted by Crippen LogP contribution is 2.39. The van der Waals surface area contributed by atoms with Crippen LogP contribution in [0.3, 0.4) is 0 Å². The number of halogens is 5. The molecule has 1 aromatic rings. The number of thioether (sulfide) groups is 1. The van der Waals surface area contributed by atoms with Crippen molar-refractivity contribution in [1.82, 2.24) is 10.2 Å². The summed E-state index contributed by atoms with van der Waals surface area (Å²) in [7, 11) is 0. The van der Waals surface area contributed by atoms with Gasteiger partial charge in [-0.3, -0.25) is 4.90 Å². The molecule has 0 aromatic heterocycles. The molecule has 0 amide bonds. The van der Waals surface area contributed by atoms with Gasteiger partial charge in [-0.2, -0.15) is 13.2 Å². The Hall–Kier alpha value is -0.180. The summed E-state index contributed by atoms with van der Waals surface area (Å²) in [6.07, 6.45) is 2.02. The number of piperazine rings is 1. The molecular weight excluding hydrogens is 408 g/mol. The van der Waals surface area contributed by atoms with Crippen LogP contribution in [-0.2, 0) is 4.74 Å². The highest BCUT2D eigenvalue weighted by atomic mass is 35.5. The minimum absolute atomic E-state index is 0. The van der Waals surface area contributed by atoms with E-state index in [4.69, 9.17) is 4.74 Å². The van der Waals surface area contributed by atoms with E-state index in [2.05, 4.69) is 10.2 Å². The molecule has 3 rings (SSSR count). The first-order valence-corrected chi connectivity index (χ1v) is 9.23. The van der Waals surface area contributed by atoms with Gasteiger partial charge < -0.3 is 10.1 Å². The Balaban J connectivity index is 0.00000169. The van der Waals surface area contributed by atoms with Crippen molar-refractivity contribution in [1.29, 1.82) is 0 Å². The SMILES string of the molecule is Cl.Cl.FC(F)(F)Sc1ccc([C@H](C2CCOCC2)N2CCNCC2)cc1. The number of rotatable bonds is 4. The Morgan fingerprint density at radius 2 is 1.62 bits per heavy atom. The highest BCUT2D eigenvalue weighted by Gasteiger charge is 2.32. The maximum atomic E-state index is 12.5. The standard InChI is InChI=1S/C17H23F3N2OS.2ClH/c18-17(19,20)24-15-3-1-13(2-4-15)16(14-5-11-23-12-6-14)22-9-7-21-8-10-22;;/h1-4,14,16,21H,5-12H2;2*1H/t16-;;/m1../s1. The Labute approximate surface area is 169 Å². The first-order chi connectivity index (χ1) is 11.5. The smallest absolute Gasteiger partial charge is 0.381 e. The van der Waals surface area contributed by atoms with Gasteiger partial charge in [0.05, 0.1) is 0 Å². The van der Waals surface area contributed by atoms with E-state index in [0.717, 1.165) is 57.8 Å². The second-order valence-corrected chi connectivity index (χ2v) is 7.44. The molecule has 0 unspecified atom stereocenters. The molecule has 0 saturated carbocycles. The van der Waals surface area contributed by atoms with Gasteiger partial charge in [-0.15, -0.1) is 24.8 Å². The average molecular weight is 433 g/mol. The molecule has 2 aliphatic heterocycles. The third-order valence-corrected chi connectivity index (χ3v) is 5.45. The van der Waals surface area contributed by atoms with Crippen molar-refractivity contribution in [3.05, 3.63) is 29.8 Å². The van der Waals surface area contributed by atoms with E-state index in [1.165, 1.54) is 0 Å². The molecule has 1 atom stereocenters. The van der Waals surface area contributed by atoms with Gasteiger partial charge in [-0.25, -0.2) is 0 Å². The molecule has 0 aliphatic carbocycles. The third kappa shape index (κ3) is 6.77. The predicted molar refractivity (Wildman–Crippen MR) is 104 cm³/mol. The Kier molecular flexibility index (Phi) is 10.1. The van der Waals surface area contributed by atoms with Gasteiger partial charge in [-0.1, -0.05) is 12.1 Å². The zero-order valence-corrected chi connectivity index (χ0v) is 16.8. The Morgan fingerprint density at radius 1 is 1.04 bits per heavy atom. The van der Waals surface area contributed by atoms with Crippen molar-refractivity contribution in [3.63, 3.8) is 0 Å². The normalized spacial score (nSPS) is 20.7. The van der Waals surface area contributed by atoms with Crippen molar-refractivity contribution in [2.75, 3.05) is 39.4 Å².